The zero-order valence-corrected chi connectivity index (χ0v) is 15.6. The summed E-state index contributed by atoms with van der Waals surface area (Å²) in [7, 11) is -3.72. The Hall–Kier alpha value is -2.87. The van der Waals surface area contributed by atoms with Gasteiger partial charge in [0, 0.05) is 0 Å². The smallest absolute Gasteiger partial charge is 0.250 e. The number of nitrogens with one attached hydrogen (secondary N) is 1. The van der Waals surface area contributed by atoms with E-state index in [4.69, 9.17) is 5.73 Å². The molecule has 0 unspecified atom stereocenters. The molecule has 2 aromatic carbocycles. The molecule has 0 aliphatic rings. The second-order valence-electron chi connectivity index (χ2n) is 5.97. The maximum atomic E-state index is 12.7. The predicted molar refractivity (Wildman–Crippen MR) is 102 cm³/mol. The molecular formula is C18H21N3O4S. The Morgan fingerprint density at radius 3 is 2.35 bits per heavy atom. The van der Waals surface area contributed by atoms with Crippen LogP contribution in [0.1, 0.15) is 22.8 Å². The second-order valence-corrected chi connectivity index (χ2v) is 7.83. The van der Waals surface area contributed by atoms with Crippen molar-refractivity contribution in [1.29, 1.82) is 0 Å². The number of hydrogen-bond donors (Lipinski definition) is 2. The molecule has 0 radical (unpaired) electrons. The van der Waals surface area contributed by atoms with Crippen LogP contribution in [0.2, 0.25) is 0 Å². The highest BCUT2D eigenvalue weighted by molar-refractivity contribution is 7.92. The number of anilines is 2. The molecule has 0 heterocycles. The molecule has 0 fully saturated rings. The van der Waals surface area contributed by atoms with Gasteiger partial charge in [-0.05, 0) is 43.7 Å². The number of amides is 2. The molecular weight excluding hydrogens is 354 g/mol. The molecule has 0 aromatic heterocycles. The molecule has 0 saturated carbocycles. The number of nitrogens with two attached hydrogens (primary N) is 1. The van der Waals surface area contributed by atoms with Crippen molar-refractivity contribution in [2.75, 3.05) is 15.9 Å². The van der Waals surface area contributed by atoms with Gasteiger partial charge in [0.25, 0.3) is 5.91 Å². The molecule has 2 amide bonds. The van der Waals surface area contributed by atoms with Crippen LogP contribution in [0.4, 0.5) is 11.4 Å². The molecule has 26 heavy (non-hydrogen) atoms. The van der Waals surface area contributed by atoms with Gasteiger partial charge in [-0.15, -0.1) is 0 Å². The number of sulfonamides is 1. The Bertz CT molecular complexity index is 941. The summed E-state index contributed by atoms with van der Waals surface area (Å²) in [6, 6.07) is 12.1. The van der Waals surface area contributed by atoms with E-state index < -0.39 is 27.9 Å². The average molecular weight is 375 g/mol. The van der Waals surface area contributed by atoms with E-state index in [1.807, 2.05) is 13.0 Å². The molecule has 8 heteroatoms. The monoisotopic (exact) mass is 375 g/mol. The van der Waals surface area contributed by atoms with E-state index in [-0.39, 0.29) is 11.3 Å². The summed E-state index contributed by atoms with van der Waals surface area (Å²) >= 11 is 0. The number of benzene rings is 2. The van der Waals surface area contributed by atoms with E-state index in [2.05, 4.69) is 5.32 Å². The standard InChI is InChI=1S/C18H21N3O4S/c1-12-7-6-8-14(11-12)21(26(3,24)25)13(2)18(23)20-16-10-5-4-9-15(16)17(19)22/h4-11,13H,1-3H3,(H2,19,22)(H,20,23)/t13-/m1/s1. The summed E-state index contributed by atoms with van der Waals surface area (Å²) < 4.78 is 25.6. The fraction of sp³-hybridized carbons (Fsp3) is 0.222. The van der Waals surface area contributed by atoms with E-state index in [0.29, 0.717) is 5.69 Å². The molecule has 0 aliphatic heterocycles. The normalized spacial score (nSPS) is 12.3. The highest BCUT2D eigenvalue weighted by Crippen LogP contribution is 2.23. The lowest BCUT2D eigenvalue weighted by atomic mass is 10.1. The van der Waals surface area contributed by atoms with Gasteiger partial charge in [0.05, 0.1) is 23.2 Å². The van der Waals surface area contributed by atoms with Crippen molar-refractivity contribution in [2.24, 2.45) is 5.73 Å². The third-order valence-corrected chi connectivity index (χ3v) is 5.04. The summed E-state index contributed by atoms with van der Waals surface area (Å²) in [6.45, 7) is 3.31. The third-order valence-electron chi connectivity index (χ3n) is 3.80. The Balaban J connectivity index is 2.36. The predicted octanol–water partition coefficient (Wildman–Crippen LogP) is 1.89. The quantitative estimate of drug-likeness (QED) is 0.803. The molecule has 138 valence electrons. The van der Waals surface area contributed by atoms with Gasteiger partial charge in [-0.3, -0.25) is 13.9 Å². The van der Waals surface area contributed by atoms with Gasteiger partial charge in [-0.25, -0.2) is 8.42 Å². The van der Waals surface area contributed by atoms with Crippen molar-refractivity contribution in [2.45, 2.75) is 19.9 Å². The zero-order valence-electron chi connectivity index (χ0n) is 14.8. The van der Waals surface area contributed by atoms with Gasteiger partial charge in [0.15, 0.2) is 0 Å². The zero-order chi connectivity index (χ0) is 19.5. The molecule has 0 spiro atoms. The maximum Gasteiger partial charge on any atom is 0.250 e. The van der Waals surface area contributed by atoms with Crippen LogP contribution in [0.25, 0.3) is 0 Å². The highest BCUT2D eigenvalue weighted by Gasteiger charge is 2.29. The average Bonchev–Trinajstić information content (AvgIpc) is 2.54. The summed E-state index contributed by atoms with van der Waals surface area (Å²) in [6.07, 6.45) is 1.04. The molecule has 3 N–H and O–H groups in total. The van der Waals surface area contributed by atoms with Crippen LogP contribution in [0.5, 0.6) is 0 Å². The minimum Gasteiger partial charge on any atom is -0.366 e. The molecule has 0 bridgehead atoms. The number of nitrogens with zero attached hydrogens (tertiary/aromatic N) is 1. The van der Waals surface area contributed by atoms with E-state index >= 15 is 0 Å². The van der Waals surface area contributed by atoms with Crippen LogP contribution in [0.15, 0.2) is 48.5 Å². The van der Waals surface area contributed by atoms with Gasteiger partial charge >= 0.3 is 0 Å². The van der Waals surface area contributed by atoms with E-state index in [1.54, 1.807) is 30.3 Å². The first-order valence-electron chi connectivity index (χ1n) is 7.87. The molecule has 1 atom stereocenters. The number of carbonyl (C=O) groups is 2. The SMILES string of the molecule is Cc1cccc(N([C@H](C)C(=O)Nc2ccccc2C(N)=O)S(C)(=O)=O)c1. The van der Waals surface area contributed by atoms with Gasteiger partial charge in [0.1, 0.15) is 6.04 Å². The minimum atomic E-state index is -3.72. The van der Waals surface area contributed by atoms with Crippen molar-refractivity contribution in [3.63, 3.8) is 0 Å². The van der Waals surface area contributed by atoms with E-state index in [9.17, 15) is 18.0 Å². The van der Waals surface area contributed by atoms with Crippen molar-refractivity contribution < 1.29 is 18.0 Å². The van der Waals surface area contributed by atoms with Crippen molar-refractivity contribution in [3.05, 3.63) is 59.7 Å². The summed E-state index contributed by atoms with van der Waals surface area (Å²) in [4.78, 5) is 24.2. The molecule has 2 rings (SSSR count). The van der Waals surface area contributed by atoms with Gasteiger partial charge in [-0.1, -0.05) is 24.3 Å². The topological polar surface area (TPSA) is 110 Å². The van der Waals surface area contributed by atoms with Crippen LogP contribution in [-0.4, -0.2) is 32.5 Å². The lowest BCUT2D eigenvalue weighted by Crippen LogP contribution is -2.45. The van der Waals surface area contributed by atoms with Crippen molar-refractivity contribution in [3.8, 4) is 0 Å². The third kappa shape index (κ3) is 4.40. The number of rotatable bonds is 6. The van der Waals surface area contributed by atoms with Crippen LogP contribution < -0.4 is 15.4 Å². The van der Waals surface area contributed by atoms with Crippen LogP contribution >= 0.6 is 0 Å². The number of para-hydroxylation sites is 1. The van der Waals surface area contributed by atoms with E-state index in [0.717, 1.165) is 16.1 Å². The first kappa shape index (κ1) is 19.5. The van der Waals surface area contributed by atoms with Gasteiger partial charge in [0.2, 0.25) is 15.9 Å². The van der Waals surface area contributed by atoms with Gasteiger partial charge in [-0.2, -0.15) is 0 Å². The lowest BCUT2D eigenvalue weighted by Gasteiger charge is -2.28. The molecule has 2 aromatic rings. The maximum absolute atomic E-state index is 12.7. The fourth-order valence-corrected chi connectivity index (χ4v) is 3.78. The Morgan fingerprint density at radius 2 is 1.77 bits per heavy atom. The Morgan fingerprint density at radius 1 is 1.12 bits per heavy atom. The number of hydrogen-bond acceptors (Lipinski definition) is 4. The Kier molecular flexibility index (Phi) is 5.66. The second kappa shape index (κ2) is 7.57. The Labute approximate surface area is 152 Å². The molecule has 7 nitrogen and oxygen atoms in total. The highest BCUT2D eigenvalue weighted by atomic mass is 32.2. The minimum absolute atomic E-state index is 0.148. The van der Waals surface area contributed by atoms with E-state index in [1.165, 1.54) is 19.1 Å². The van der Waals surface area contributed by atoms with Gasteiger partial charge < -0.3 is 11.1 Å². The first-order chi connectivity index (χ1) is 12.1. The largest absolute Gasteiger partial charge is 0.366 e. The fourth-order valence-electron chi connectivity index (χ4n) is 2.62. The van der Waals surface area contributed by atoms with Crippen LogP contribution in [0.3, 0.4) is 0 Å². The molecule has 0 saturated heterocycles. The number of primary amides is 1. The van der Waals surface area contributed by atoms with Crippen LogP contribution in [-0.2, 0) is 14.8 Å². The molecule has 0 aliphatic carbocycles. The first-order valence-corrected chi connectivity index (χ1v) is 9.72. The van der Waals surface area contributed by atoms with Crippen molar-refractivity contribution >= 4 is 33.2 Å². The number of aryl methyl sites for hydroxylation is 1. The van der Waals surface area contributed by atoms with Crippen molar-refractivity contribution in [1.82, 2.24) is 0 Å². The summed E-state index contributed by atoms with van der Waals surface area (Å²) in [5.41, 5.74) is 6.94. The van der Waals surface area contributed by atoms with Crippen LogP contribution in [0, 0.1) is 6.92 Å². The number of carbonyl (C=O) groups excluding carboxylic acids is 2. The lowest BCUT2D eigenvalue weighted by molar-refractivity contribution is -0.116. The summed E-state index contributed by atoms with van der Waals surface area (Å²) in [5.74, 6) is -1.27. The summed E-state index contributed by atoms with van der Waals surface area (Å²) in [5, 5.41) is 2.58.